The SMILES string of the molecule is COc1ccc(OCc2cccc(CO[N+](=O)[O-])n2)c(C=O)c1. The van der Waals surface area contributed by atoms with Gasteiger partial charge in [0.15, 0.2) is 6.29 Å². The first-order valence-electron chi connectivity index (χ1n) is 6.60. The highest BCUT2D eigenvalue weighted by Gasteiger charge is 2.07. The van der Waals surface area contributed by atoms with Crippen molar-refractivity contribution in [2.24, 2.45) is 0 Å². The Morgan fingerprint density at radius 1 is 1.22 bits per heavy atom. The molecule has 1 aromatic carbocycles. The predicted molar refractivity (Wildman–Crippen MR) is 78.7 cm³/mol. The van der Waals surface area contributed by atoms with E-state index in [4.69, 9.17) is 9.47 Å². The van der Waals surface area contributed by atoms with Crippen LogP contribution >= 0.6 is 0 Å². The third-order valence-corrected chi connectivity index (χ3v) is 2.90. The van der Waals surface area contributed by atoms with Gasteiger partial charge in [-0.3, -0.25) is 9.78 Å². The molecule has 0 amide bonds. The molecule has 0 aliphatic heterocycles. The molecule has 8 nitrogen and oxygen atoms in total. The molecule has 0 aliphatic rings. The summed E-state index contributed by atoms with van der Waals surface area (Å²) in [5.74, 6) is 0.950. The topological polar surface area (TPSA) is 101 Å². The van der Waals surface area contributed by atoms with Crippen LogP contribution in [-0.4, -0.2) is 23.5 Å². The number of hydrogen-bond donors (Lipinski definition) is 0. The summed E-state index contributed by atoms with van der Waals surface area (Å²) in [4.78, 5) is 29.7. The van der Waals surface area contributed by atoms with Crippen molar-refractivity contribution in [3.05, 3.63) is 63.5 Å². The Morgan fingerprint density at radius 3 is 2.61 bits per heavy atom. The molecule has 0 N–H and O–H groups in total. The summed E-state index contributed by atoms with van der Waals surface area (Å²) >= 11 is 0. The first kappa shape index (κ1) is 16.2. The van der Waals surface area contributed by atoms with Gasteiger partial charge >= 0.3 is 0 Å². The van der Waals surface area contributed by atoms with Crippen molar-refractivity contribution in [1.82, 2.24) is 4.98 Å². The van der Waals surface area contributed by atoms with Gasteiger partial charge in [-0.1, -0.05) is 6.07 Å². The fraction of sp³-hybridized carbons (Fsp3) is 0.200. The second-order valence-electron chi connectivity index (χ2n) is 4.43. The van der Waals surface area contributed by atoms with E-state index in [1.807, 2.05) is 0 Å². The number of ether oxygens (including phenoxy) is 2. The average Bonchev–Trinajstić information content (AvgIpc) is 2.58. The maximum absolute atomic E-state index is 11.1. The number of rotatable bonds is 8. The van der Waals surface area contributed by atoms with E-state index >= 15 is 0 Å². The molecule has 1 heterocycles. The average molecular weight is 318 g/mol. The van der Waals surface area contributed by atoms with E-state index in [0.29, 0.717) is 34.7 Å². The normalized spacial score (nSPS) is 9.96. The van der Waals surface area contributed by atoms with Gasteiger partial charge in [0.1, 0.15) is 24.7 Å². The summed E-state index contributed by atoms with van der Waals surface area (Å²) in [6.07, 6.45) is 0.673. The molecule has 0 aliphatic carbocycles. The number of pyridine rings is 1. The minimum Gasteiger partial charge on any atom is -0.497 e. The van der Waals surface area contributed by atoms with Crippen molar-refractivity contribution >= 4 is 6.29 Å². The molecule has 23 heavy (non-hydrogen) atoms. The minimum absolute atomic E-state index is 0.111. The molecule has 0 atom stereocenters. The van der Waals surface area contributed by atoms with Crippen LogP contribution in [0.25, 0.3) is 0 Å². The number of hydrogen-bond acceptors (Lipinski definition) is 7. The Balaban J connectivity index is 2.04. The Kier molecular flexibility index (Phi) is 5.45. The Morgan fingerprint density at radius 2 is 1.96 bits per heavy atom. The van der Waals surface area contributed by atoms with Crippen LogP contribution in [0.15, 0.2) is 36.4 Å². The van der Waals surface area contributed by atoms with Gasteiger partial charge in [-0.25, -0.2) is 0 Å². The van der Waals surface area contributed by atoms with Crippen molar-refractivity contribution in [3.8, 4) is 11.5 Å². The van der Waals surface area contributed by atoms with Crippen LogP contribution in [0.2, 0.25) is 0 Å². The van der Waals surface area contributed by atoms with Crippen LogP contribution in [0, 0.1) is 10.1 Å². The Labute approximate surface area is 131 Å². The number of carbonyl (C=O) groups excluding carboxylic acids is 1. The zero-order valence-electron chi connectivity index (χ0n) is 12.3. The summed E-state index contributed by atoms with van der Waals surface area (Å²) in [6, 6.07) is 9.88. The molecule has 0 unspecified atom stereocenters. The zero-order valence-corrected chi connectivity index (χ0v) is 12.3. The predicted octanol–water partition coefficient (Wildman–Crippen LogP) is 2.19. The second kappa shape index (κ2) is 7.74. The fourth-order valence-corrected chi connectivity index (χ4v) is 1.84. The van der Waals surface area contributed by atoms with Gasteiger partial charge in [-0.05, 0) is 30.3 Å². The van der Waals surface area contributed by atoms with E-state index in [1.54, 1.807) is 36.4 Å². The molecule has 0 saturated heterocycles. The Bertz CT molecular complexity index is 704. The lowest BCUT2D eigenvalue weighted by Crippen LogP contribution is -2.05. The van der Waals surface area contributed by atoms with Crippen molar-refractivity contribution in [2.45, 2.75) is 13.2 Å². The minimum atomic E-state index is -0.876. The fourth-order valence-electron chi connectivity index (χ4n) is 1.84. The monoisotopic (exact) mass is 318 g/mol. The molecule has 0 fully saturated rings. The first-order valence-corrected chi connectivity index (χ1v) is 6.60. The third kappa shape index (κ3) is 4.67. The lowest BCUT2D eigenvalue weighted by molar-refractivity contribution is -0.763. The largest absolute Gasteiger partial charge is 0.497 e. The van der Waals surface area contributed by atoms with Crippen LogP contribution in [0.5, 0.6) is 11.5 Å². The van der Waals surface area contributed by atoms with E-state index in [9.17, 15) is 14.9 Å². The number of carbonyl (C=O) groups is 1. The highest BCUT2D eigenvalue weighted by molar-refractivity contribution is 5.80. The van der Waals surface area contributed by atoms with Crippen molar-refractivity contribution in [3.63, 3.8) is 0 Å². The van der Waals surface area contributed by atoms with Crippen LogP contribution in [0.1, 0.15) is 21.7 Å². The van der Waals surface area contributed by atoms with Crippen molar-refractivity contribution in [1.29, 1.82) is 0 Å². The third-order valence-electron chi connectivity index (χ3n) is 2.90. The van der Waals surface area contributed by atoms with Gasteiger partial charge in [-0.2, -0.15) is 0 Å². The quantitative estimate of drug-likeness (QED) is 0.417. The number of methoxy groups -OCH3 is 1. The van der Waals surface area contributed by atoms with Gasteiger partial charge < -0.3 is 14.3 Å². The maximum Gasteiger partial charge on any atom is 0.294 e. The number of aromatic nitrogens is 1. The molecule has 2 rings (SSSR count). The number of benzene rings is 1. The standard InChI is InChI=1S/C15H14N2O6/c1-21-14-5-6-15(11(7-14)8-18)22-9-12-3-2-4-13(16-12)10-23-17(19)20/h2-8H,9-10H2,1H3. The summed E-state index contributed by atoms with van der Waals surface area (Å²) < 4.78 is 10.6. The van der Waals surface area contributed by atoms with E-state index in [1.165, 1.54) is 7.11 Å². The molecule has 2 aromatic rings. The molecule has 8 heteroatoms. The van der Waals surface area contributed by atoms with Gasteiger partial charge in [0.05, 0.1) is 24.1 Å². The molecule has 1 aromatic heterocycles. The molecule has 120 valence electrons. The van der Waals surface area contributed by atoms with E-state index < -0.39 is 5.09 Å². The molecule has 0 bridgehead atoms. The molecular formula is C15H14N2O6. The van der Waals surface area contributed by atoms with Gasteiger partial charge in [-0.15, -0.1) is 10.1 Å². The number of nitrogens with zero attached hydrogens (tertiary/aromatic N) is 2. The summed E-state index contributed by atoms with van der Waals surface area (Å²) in [7, 11) is 1.51. The molecule has 0 radical (unpaired) electrons. The van der Waals surface area contributed by atoms with Crippen molar-refractivity contribution < 1.29 is 24.2 Å². The maximum atomic E-state index is 11.1. The molecule has 0 spiro atoms. The number of aldehydes is 1. The lowest BCUT2D eigenvalue weighted by atomic mass is 10.2. The van der Waals surface area contributed by atoms with Crippen LogP contribution in [0.4, 0.5) is 0 Å². The lowest BCUT2D eigenvalue weighted by Gasteiger charge is -2.10. The van der Waals surface area contributed by atoms with Gasteiger partial charge in [0.2, 0.25) is 0 Å². The van der Waals surface area contributed by atoms with Crippen molar-refractivity contribution in [2.75, 3.05) is 7.11 Å². The first-order chi connectivity index (χ1) is 11.1. The Hall–Kier alpha value is -3.16. The van der Waals surface area contributed by atoms with Gasteiger partial charge in [0, 0.05) is 0 Å². The summed E-state index contributed by atoms with van der Waals surface area (Å²) in [5, 5.41) is 9.30. The van der Waals surface area contributed by atoms with E-state index in [-0.39, 0.29) is 13.2 Å². The smallest absolute Gasteiger partial charge is 0.294 e. The highest BCUT2D eigenvalue weighted by Crippen LogP contribution is 2.23. The second-order valence-corrected chi connectivity index (χ2v) is 4.43. The van der Waals surface area contributed by atoms with Crippen LogP contribution in [0.3, 0.4) is 0 Å². The summed E-state index contributed by atoms with van der Waals surface area (Å²) in [6.45, 7) is -0.123. The van der Waals surface area contributed by atoms with Crippen LogP contribution < -0.4 is 9.47 Å². The van der Waals surface area contributed by atoms with Crippen LogP contribution in [-0.2, 0) is 18.1 Å². The zero-order chi connectivity index (χ0) is 16.7. The molecule has 0 saturated carbocycles. The van der Waals surface area contributed by atoms with E-state index in [2.05, 4.69) is 9.82 Å². The molecular weight excluding hydrogens is 304 g/mol. The summed E-state index contributed by atoms with van der Waals surface area (Å²) in [5.41, 5.74) is 1.33. The van der Waals surface area contributed by atoms with E-state index in [0.717, 1.165) is 0 Å². The highest BCUT2D eigenvalue weighted by atomic mass is 16.9. The van der Waals surface area contributed by atoms with Gasteiger partial charge in [0.25, 0.3) is 5.09 Å².